The third kappa shape index (κ3) is 7.08. The van der Waals surface area contributed by atoms with E-state index < -0.39 is 38.3 Å². The Hall–Kier alpha value is -2.28. The molecule has 1 aromatic rings. The molecule has 1 amide bonds. The van der Waals surface area contributed by atoms with Crippen molar-refractivity contribution in [2.45, 2.75) is 82.3 Å². The fourth-order valence-corrected chi connectivity index (χ4v) is 6.90. The number of halogens is 1. The number of hydrogen-bond acceptors (Lipinski definition) is 8. The molecular weight excluding hydrogens is 529 g/mol. The first kappa shape index (κ1) is 31.3. The molecule has 0 radical (unpaired) electrons. The van der Waals surface area contributed by atoms with Gasteiger partial charge in [-0.15, -0.1) is 0 Å². The van der Waals surface area contributed by atoms with Gasteiger partial charge in [-0.25, -0.2) is 31.8 Å². The summed E-state index contributed by atoms with van der Waals surface area (Å²) in [5.41, 5.74) is -2.17. The first-order valence-electron chi connectivity index (χ1n) is 13.4. The second kappa shape index (κ2) is 12.9. The van der Waals surface area contributed by atoms with Crippen molar-refractivity contribution < 1.29 is 36.6 Å². The summed E-state index contributed by atoms with van der Waals surface area (Å²) in [5, 5.41) is -1.09. The number of carbonyl (C=O) groups excluding carboxylic acids is 1. The number of rotatable bonds is 10. The Kier molecular flexibility index (Phi) is 10.4. The van der Waals surface area contributed by atoms with E-state index in [-0.39, 0.29) is 50.4 Å². The molecule has 0 N–H and O–H groups in total. The maximum absolute atomic E-state index is 15.4. The molecule has 10 nitrogen and oxygen atoms in total. The van der Waals surface area contributed by atoms with Crippen molar-refractivity contribution in [2.24, 2.45) is 4.99 Å². The average Bonchev–Trinajstić information content (AvgIpc) is 2.86. The molecule has 1 aliphatic heterocycles. The molecule has 3 atom stereocenters. The topological polar surface area (TPSA) is 107 Å². The van der Waals surface area contributed by atoms with E-state index in [2.05, 4.69) is 6.92 Å². The number of unbranched alkanes of at least 4 members (excludes halogenated alkanes) is 1. The van der Waals surface area contributed by atoms with E-state index in [0.717, 1.165) is 22.0 Å². The predicted molar refractivity (Wildman–Crippen MR) is 145 cm³/mol. The number of guanidine groups is 1. The fraction of sp³-hybridized carbons (Fsp3) is 0.704. The van der Waals surface area contributed by atoms with Gasteiger partial charge in [0, 0.05) is 26.3 Å². The number of sulfonamides is 1. The van der Waals surface area contributed by atoms with Crippen LogP contribution in [0, 0.1) is 5.82 Å². The monoisotopic (exact) mass is 571 g/mol. The standard InChI is InChI=1S/C27H42FN3O7S/c1-7-8-15-37-20-13-14-27(21-11-9-10-12-22(21)28)23(18-20)39(33,34)30(5)24(29-27)31(19-36-17-16-35-6)25(32)38-26(2,3)4/h9-12,20,23H,7-8,13-19H2,1-6H3. The maximum Gasteiger partial charge on any atom is 0.419 e. The number of carbonyl (C=O) groups is 1. The molecule has 220 valence electrons. The lowest BCUT2D eigenvalue weighted by Gasteiger charge is -2.49. The zero-order chi connectivity index (χ0) is 28.8. The molecule has 39 heavy (non-hydrogen) atoms. The number of nitrogens with zero attached hydrogens (tertiary/aromatic N) is 3. The van der Waals surface area contributed by atoms with E-state index in [4.69, 9.17) is 23.9 Å². The molecule has 0 spiro atoms. The third-order valence-corrected chi connectivity index (χ3v) is 9.11. The van der Waals surface area contributed by atoms with Gasteiger partial charge in [0.25, 0.3) is 0 Å². The van der Waals surface area contributed by atoms with E-state index in [1.54, 1.807) is 39.0 Å². The summed E-state index contributed by atoms with van der Waals surface area (Å²) < 4.78 is 66.9. The zero-order valence-corrected chi connectivity index (χ0v) is 24.6. The van der Waals surface area contributed by atoms with Crippen molar-refractivity contribution in [3.63, 3.8) is 0 Å². The van der Waals surface area contributed by atoms with Crippen LogP contribution < -0.4 is 0 Å². The highest BCUT2D eigenvalue weighted by Gasteiger charge is 2.58. The van der Waals surface area contributed by atoms with Crippen LogP contribution in [0.1, 0.15) is 65.4 Å². The van der Waals surface area contributed by atoms with Gasteiger partial charge in [-0.1, -0.05) is 31.5 Å². The van der Waals surface area contributed by atoms with Crippen molar-refractivity contribution in [3.8, 4) is 0 Å². The molecule has 3 rings (SSSR count). The maximum atomic E-state index is 15.4. The Morgan fingerprint density at radius 2 is 1.95 bits per heavy atom. The number of hydrogen-bond donors (Lipinski definition) is 0. The van der Waals surface area contributed by atoms with Crippen molar-refractivity contribution in [1.82, 2.24) is 9.21 Å². The normalized spacial score (nSPS) is 24.6. The Bertz CT molecular complexity index is 1120. The average molecular weight is 572 g/mol. The van der Waals surface area contributed by atoms with Crippen LogP contribution in [0.25, 0.3) is 0 Å². The van der Waals surface area contributed by atoms with Crippen molar-refractivity contribution in [3.05, 3.63) is 35.6 Å². The molecule has 2 aliphatic rings. The Morgan fingerprint density at radius 3 is 2.59 bits per heavy atom. The molecule has 1 fully saturated rings. The third-order valence-electron chi connectivity index (χ3n) is 6.88. The van der Waals surface area contributed by atoms with E-state index in [1.807, 2.05) is 0 Å². The van der Waals surface area contributed by atoms with Crippen LogP contribution in [0.3, 0.4) is 0 Å². The van der Waals surface area contributed by atoms with Gasteiger partial charge in [0.15, 0.2) is 0 Å². The van der Waals surface area contributed by atoms with E-state index in [9.17, 15) is 13.2 Å². The number of methoxy groups -OCH3 is 1. The van der Waals surface area contributed by atoms with Crippen LogP contribution in [0.2, 0.25) is 0 Å². The lowest BCUT2D eigenvalue weighted by Crippen LogP contribution is -2.62. The number of aliphatic imine (C=N–C) groups is 1. The van der Waals surface area contributed by atoms with Gasteiger partial charge < -0.3 is 18.9 Å². The molecular formula is C27H42FN3O7S. The largest absolute Gasteiger partial charge is 0.443 e. The minimum atomic E-state index is -4.13. The van der Waals surface area contributed by atoms with Crippen LogP contribution in [0.5, 0.6) is 0 Å². The molecule has 1 saturated carbocycles. The number of fused-ring (bicyclic) bond motifs is 1. The summed E-state index contributed by atoms with van der Waals surface area (Å²) >= 11 is 0. The van der Waals surface area contributed by atoms with E-state index in [0.29, 0.717) is 13.0 Å². The highest BCUT2D eigenvalue weighted by atomic mass is 32.2. The fourth-order valence-electron chi connectivity index (χ4n) is 4.91. The van der Waals surface area contributed by atoms with Crippen LogP contribution in [-0.4, -0.2) is 87.3 Å². The van der Waals surface area contributed by atoms with Crippen molar-refractivity contribution >= 4 is 22.1 Å². The summed E-state index contributed by atoms with van der Waals surface area (Å²) in [4.78, 5) is 19.3. The second-order valence-corrected chi connectivity index (χ2v) is 13.0. The predicted octanol–water partition coefficient (Wildman–Crippen LogP) is 4.25. The minimum Gasteiger partial charge on any atom is -0.443 e. The first-order valence-corrected chi connectivity index (χ1v) is 14.9. The number of ether oxygens (including phenoxy) is 4. The van der Waals surface area contributed by atoms with Gasteiger partial charge in [-0.05, 0) is 52.5 Å². The molecule has 1 aromatic carbocycles. The van der Waals surface area contributed by atoms with Gasteiger partial charge in [-0.3, -0.25) is 0 Å². The van der Waals surface area contributed by atoms with Crippen LogP contribution in [-0.2, 0) is 34.5 Å². The molecule has 1 aliphatic carbocycles. The highest BCUT2D eigenvalue weighted by Crippen LogP contribution is 2.49. The van der Waals surface area contributed by atoms with Crippen LogP contribution in [0.4, 0.5) is 9.18 Å². The molecule has 0 saturated heterocycles. The number of amides is 1. The van der Waals surface area contributed by atoms with Gasteiger partial charge in [0.2, 0.25) is 16.0 Å². The zero-order valence-electron chi connectivity index (χ0n) is 23.8. The SMILES string of the molecule is CCCCOC1CCC2(c3ccccc3F)N=C(N(COCCOC)C(=O)OC(C)(C)C)N(C)S(=O)(=O)C2C1. The summed E-state index contributed by atoms with van der Waals surface area (Å²) in [5.74, 6) is -0.748. The van der Waals surface area contributed by atoms with Gasteiger partial charge in [-0.2, -0.15) is 0 Å². The van der Waals surface area contributed by atoms with Crippen LogP contribution in [0.15, 0.2) is 29.3 Å². The quantitative estimate of drug-likeness (QED) is 0.305. The lowest BCUT2D eigenvalue weighted by atomic mass is 9.75. The van der Waals surface area contributed by atoms with Crippen molar-refractivity contribution in [2.75, 3.05) is 40.7 Å². The minimum absolute atomic E-state index is 0.150. The van der Waals surface area contributed by atoms with E-state index in [1.165, 1.54) is 20.2 Å². The van der Waals surface area contributed by atoms with Gasteiger partial charge in [0.05, 0.1) is 19.3 Å². The van der Waals surface area contributed by atoms with Gasteiger partial charge >= 0.3 is 6.09 Å². The first-order chi connectivity index (χ1) is 18.4. The molecule has 12 heteroatoms. The summed E-state index contributed by atoms with van der Waals surface area (Å²) in [6.07, 6.45) is 1.54. The van der Waals surface area contributed by atoms with Crippen LogP contribution >= 0.6 is 0 Å². The van der Waals surface area contributed by atoms with E-state index >= 15 is 4.39 Å². The molecule has 3 unspecified atom stereocenters. The second-order valence-electron chi connectivity index (χ2n) is 10.9. The summed E-state index contributed by atoms with van der Waals surface area (Å²) in [6.45, 7) is 7.77. The van der Waals surface area contributed by atoms with Crippen molar-refractivity contribution in [1.29, 1.82) is 0 Å². The van der Waals surface area contributed by atoms with Gasteiger partial charge in [0.1, 0.15) is 28.9 Å². The lowest BCUT2D eigenvalue weighted by molar-refractivity contribution is -0.00609. The Morgan fingerprint density at radius 1 is 1.23 bits per heavy atom. The molecule has 0 aromatic heterocycles. The smallest absolute Gasteiger partial charge is 0.419 e. The highest BCUT2D eigenvalue weighted by molar-refractivity contribution is 7.90. The summed E-state index contributed by atoms with van der Waals surface area (Å²) in [6, 6.07) is 6.07. The molecule has 1 heterocycles. The Balaban J connectivity index is 2.13. The summed E-state index contributed by atoms with van der Waals surface area (Å²) in [7, 11) is -1.27. The Labute approximate surface area is 231 Å². The molecule has 0 bridgehead atoms. The number of benzene rings is 1.